The second kappa shape index (κ2) is 5.78. The molecule has 0 atom stereocenters. The monoisotopic (exact) mass is 387 g/mol. The van der Waals surface area contributed by atoms with E-state index in [1.54, 1.807) is 0 Å². The fourth-order valence-corrected chi connectivity index (χ4v) is 3.38. The smallest absolute Gasteiger partial charge is 0.326 e. The number of hydrogen-bond donors (Lipinski definition) is 3. The molecule has 1 aliphatic carbocycles. The lowest BCUT2D eigenvalue weighted by atomic mass is 10.2. The molecule has 1 aliphatic heterocycles. The molecule has 2 aromatic rings. The average Bonchev–Trinajstić information content (AvgIpc) is 3.23. The molecule has 11 nitrogen and oxygen atoms in total. The Labute approximate surface area is 153 Å². The molecule has 4 rings (SSSR count). The molecule has 0 unspecified atom stereocenters. The van der Waals surface area contributed by atoms with Crippen LogP contribution in [0.3, 0.4) is 0 Å². The molecule has 2 aromatic heterocycles. The number of rotatable bonds is 4. The zero-order chi connectivity index (χ0) is 19.3. The minimum absolute atomic E-state index is 0.0106. The summed E-state index contributed by atoms with van der Waals surface area (Å²) in [6.45, 7) is 7.41. The van der Waals surface area contributed by atoms with Gasteiger partial charge in [-0.1, -0.05) is 0 Å². The van der Waals surface area contributed by atoms with Crippen molar-refractivity contribution in [3.63, 3.8) is 0 Å². The first kappa shape index (κ1) is 17.0. The Morgan fingerprint density at radius 1 is 1.37 bits per heavy atom. The van der Waals surface area contributed by atoms with E-state index in [1.165, 1.54) is 16.8 Å². The van der Waals surface area contributed by atoms with E-state index in [-0.39, 0.29) is 33.9 Å². The molecule has 12 heteroatoms. The van der Waals surface area contributed by atoms with Gasteiger partial charge in [0.15, 0.2) is 20.5 Å². The number of carbonyl (C=O) groups excluding carboxylic acids is 2. The van der Waals surface area contributed by atoms with Crippen LogP contribution < -0.4 is 16.0 Å². The van der Waals surface area contributed by atoms with Gasteiger partial charge in [0.25, 0.3) is 11.6 Å². The normalized spacial score (nSPS) is 18.4. The second-order valence-electron chi connectivity index (χ2n) is 6.22. The molecular weight excluding hydrogens is 374 g/mol. The third-order valence-corrected chi connectivity index (χ3v) is 5.01. The second-order valence-corrected chi connectivity index (χ2v) is 8.15. The third kappa shape index (κ3) is 2.97. The van der Waals surface area contributed by atoms with Gasteiger partial charge in [0.05, 0.1) is 12.8 Å². The van der Waals surface area contributed by atoms with E-state index in [0.717, 1.165) is 19.1 Å². The van der Waals surface area contributed by atoms with Crippen LogP contribution in [0.5, 0.6) is 0 Å². The number of fused-ring (bicyclic) bond motifs is 1. The Morgan fingerprint density at radius 2 is 2.11 bits per heavy atom. The Morgan fingerprint density at radius 3 is 2.67 bits per heavy atom. The van der Waals surface area contributed by atoms with Gasteiger partial charge in [0.1, 0.15) is 11.5 Å². The van der Waals surface area contributed by atoms with Crippen molar-refractivity contribution in [1.82, 2.24) is 25.2 Å². The van der Waals surface area contributed by atoms with E-state index < -0.39 is 21.8 Å². The Bertz CT molecular complexity index is 1180. The van der Waals surface area contributed by atoms with Gasteiger partial charge in [0.2, 0.25) is 0 Å². The molecule has 138 valence electrons. The SMILES string of the molecule is [C-]#[N+]c1c(S(C)(=O)=O)nc2c(/C=C3\NC(=O)NC3=O)cnn2c1NC1CC1. The van der Waals surface area contributed by atoms with Gasteiger partial charge in [-0.15, -0.1) is 0 Å². The zero-order valence-corrected chi connectivity index (χ0v) is 14.8. The molecule has 2 fully saturated rings. The molecule has 1 saturated heterocycles. The molecular formula is C15H13N7O4S. The molecule has 27 heavy (non-hydrogen) atoms. The molecule has 2 aliphatic rings. The highest BCUT2D eigenvalue weighted by molar-refractivity contribution is 7.90. The number of imide groups is 1. The van der Waals surface area contributed by atoms with Crippen molar-refractivity contribution in [2.45, 2.75) is 23.9 Å². The molecule has 1 saturated carbocycles. The lowest BCUT2D eigenvalue weighted by Gasteiger charge is -2.12. The van der Waals surface area contributed by atoms with Crippen LogP contribution in [0.15, 0.2) is 16.9 Å². The number of hydrogen-bond acceptors (Lipinski definition) is 7. The summed E-state index contributed by atoms with van der Waals surface area (Å²) in [5, 5.41) is 11.4. The van der Waals surface area contributed by atoms with E-state index in [1.807, 2.05) is 0 Å². The lowest BCUT2D eigenvalue weighted by molar-refractivity contribution is -0.115. The third-order valence-electron chi connectivity index (χ3n) is 4.02. The number of sulfone groups is 1. The van der Waals surface area contributed by atoms with Gasteiger partial charge in [-0.3, -0.25) is 10.1 Å². The number of nitrogens with one attached hydrogen (secondary N) is 3. The maximum Gasteiger partial charge on any atom is 0.326 e. The fraction of sp³-hybridized carbons (Fsp3) is 0.267. The van der Waals surface area contributed by atoms with E-state index in [9.17, 15) is 18.0 Å². The minimum Gasteiger partial charge on any atom is -0.376 e. The first-order valence-corrected chi connectivity index (χ1v) is 9.77. The summed E-state index contributed by atoms with van der Waals surface area (Å²) in [6, 6.07) is -0.520. The van der Waals surface area contributed by atoms with E-state index >= 15 is 0 Å². The topological polar surface area (TPSA) is 139 Å². The molecule has 3 N–H and O–H groups in total. The molecule has 0 bridgehead atoms. The maximum absolute atomic E-state index is 12.2. The average molecular weight is 387 g/mol. The van der Waals surface area contributed by atoms with E-state index in [4.69, 9.17) is 6.57 Å². The first-order valence-electron chi connectivity index (χ1n) is 7.87. The highest BCUT2D eigenvalue weighted by atomic mass is 32.2. The van der Waals surface area contributed by atoms with Crippen molar-refractivity contribution < 1.29 is 18.0 Å². The first-order chi connectivity index (χ1) is 12.8. The van der Waals surface area contributed by atoms with Crippen molar-refractivity contribution in [3.8, 4) is 0 Å². The van der Waals surface area contributed by atoms with Crippen molar-refractivity contribution in [3.05, 3.63) is 28.9 Å². The van der Waals surface area contributed by atoms with Gasteiger partial charge in [-0.2, -0.15) is 5.10 Å². The van der Waals surface area contributed by atoms with Crippen molar-refractivity contribution in [2.75, 3.05) is 11.6 Å². The van der Waals surface area contributed by atoms with Crippen LogP contribution in [0.2, 0.25) is 0 Å². The van der Waals surface area contributed by atoms with Crippen molar-refractivity contribution >= 4 is 45.0 Å². The number of carbonyl (C=O) groups is 2. The quantitative estimate of drug-likeness (QED) is 0.299. The number of nitrogens with zero attached hydrogens (tertiary/aromatic N) is 4. The van der Waals surface area contributed by atoms with E-state index in [0.29, 0.717) is 5.56 Å². The largest absolute Gasteiger partial charge is 0.376 e. The van der Waals surface area contributed by atoms with Gasteiger partial charge >= 0.3 is 6.03 Å². The van der Waals surface area contributed by atoms with Gasteiger partial charge in [0, 0.05) is 17.9 Å². The Kier molecular flexibility index (Phi) is 3.63. The molecule has 0 aromatic carbocycles. The summed E-state index contributed by atoms with van der Waals surface area (Å²) in [4.78, 5) is 30.5. The van der Waals surface area contributed by atoms with Crippen molar-refractivity contribution in [1.29, 1.82) is 0 Å². The van der Waals surface area contributed by atoms with Gasteiger partial charge in [-0.25, -0.2) is 27.6 Å². The molecule has 3 heterocycles. The summed E-state index contributed by atoms with van der Waals surface area (Å²) < 4.78 is 25.7. The highest BCUT2D eigenvalue weighted by Gasteiger charge is 2.29. The van der Waals surface area contributed by atoms with Crippen LogP contribution in [0.4, 0.5) is 16.3 Å². The lowest BCUT2D eigenvalue weighted by Crippen LogP contribution is -2.22. The highest BCUT2D eigenvalue weighted by Crippen LogP contribution is 2.36. The summed E-state index contributed by atoms with van der Waals surface area (Å²) in [7, 11) is -3.79. The Hall–Kier alpha value is -3.46. The molecule has 3 amide bonds. The summed E-state index contributed by atoms with van der Waals surface area (Å²) in [5.41, 5.74) is 0.324. The standard InChI is InChI=1S/C15H13N7O4S/c1-16-10-12(18-8-3-4-8)22-11(20-14(10)27(2,25)26)7(6-17-22)5-9-13(23)21-15(24)19-9/h5-6,8,18H,3-4H2,2H3,(H2,19,21,23,24)/b9-5-. The van der Waals surface area contributed by atoms with E-state index in [2.05, 4.69) is 30.9 Å². The number of aromatic nitrogens is 3. The van der Waals surface area contributed by atoms with Crippen LogP contribution in [-0.2, 0) is 14.6 Å². The van der Waals surface area contributed by atoms with Crippen LogP contribution in [-0.4, -0.2) is 47.3 Å². The number of amides is 3. The van der Waals surface area contributed by atoms with Gasteiger partial charge < -0.3 is 10.6 Å². The molecule has 0 spiro atoms. The van der Waals surface area contributed by atoms with Crippen LogP contribution >= 0.6 is 0 Å². The summed E-state index contributed by atoms with van der Waals surface area (Å²) in [5.74, 6) is -0.376. The fourth-order valence-electron chi connectivity index (χ4n) is 2.63. The number of anilines is 1. The van der Waals surface area contributed by atoms with Gasteiger partial charge in [-0.05, 0) is 18.9 Å². The molecule has 0 radical (unpaired) electrons. The summed E-state index contributed by atoms with van der Waals surface area (Å²) >= 11 is 0. The predicted molar refractivity (Wildman–Crippen MR) is 93.7 cm³/mol. The van der Waals surface area contributed by atoms with Crippen LogP contribution in [0, 0.1) is 6.57 Å². The summed E-state index contributed by atoms with van der Waals surface area (Å²) in [6.07, 6.45) is 5.51. The van der Waals surface area contributed by atoms with Crippen LogP contribution in [0.25, 0.3) is 16.6 Å². The zero-order valence-electron chi connectivity index (χ0n) is 14.0. The van der Waals surface area contributed by atoms with Crippen molar-refractivity contribution in [2.24, 2.45) is 0 Å². The minimum atomic E-state index is -3.79. The maximum atomic E-state index is 12.2. The van der Waals surface area contributed by atoms with Crippen LogP contribution in [0.1, 0.15) is 18.4 Å². The predicted octanol–water partition coefficient (Wildman–Crippen LogP) is 0.438. The number of urea groups is 1. The Balaban J connectivity index is 1.96.